The predicted octanol–water partition coefficient (Wildman–Crippen LogP) is 2.78. The minimum atomic E-state index is -0.153. The molecule has 0 amide bonds. The number of hydrogen-bond donors (Lipinski definition) is 1. The van der Waals surface area contributed by atoms with Crippen LogP contribution in [-0.2, 0) is 0 Å². The Kier molecular flexibility index (Phi) is 5.26. The molecule has 0 saturated carbocycles. The second-order valence-corrected chi connectivity index (χ2v) is 4.04. The molecule has 3 heteroatoms. The Labute approximate surface area is 97.3 Å². The molecule has 0 aliphatic heterocycles. The highest BCUT2D eigenvalue weighted by atomic mass is 19.1. The van der Waals surface area contributed by atoms with Gasteiger partial charge in [-0.05, 0) is 38.4 Å². The molecule has 0 bridgehead atoms. The van der Waals surface area contributed by atoms with E-state index in [1.807, 2.05) is 12.1 Å². The van der Waals surface area contributed by atoms with Crippen molar-refractivity contribution < 1.29 is 4.39 Å². The summed E-state index contributed by atoms with van der Waals surface area (Å²) in [7, 11) is 0. The zero-order valence-electron chi connectivity index (χ0n) is 10.1. The maximum Gasteiger partial charge on any atom is 0.146 e. The average molecular weight is 224 g/mol. The second kappa shape index (κ2) is 6.48. The summed E-state index contributed by atoms with van der Waals surface area (Å²) >= 11 is 0. The van der Waals surface area contributed by atoms with Crippen molar-refractivity contribution in [2.24, 2.45) is 5.73 Å². The fourth-order valence-electron chi connectivity index (χ4n) is 1.74. The van der Waals surface area contributed by atoms with Crippen molar-refractivity contribution >= 4 is 5.69 Å². The topological polar surface area (TPSA) is 29.3 Å². The molecule has 0 aromatic heterocycles. The van der Waals surface area contributed by atoms with Crippen LogP contribution in [0.15, 0.2) is 24.3 Å². The quantitative estimate of drug-likeness (QED) is 0.805. The SMILES string of the molecule is CCC(C)N(CCCN)c1ccccc1F. The molecule has 0 spiro atoms. The smallest absolute Gasteiger partial charge is 0.146 e. The molecule has 0 radical (unpaired) electrons. The van der Waals surface area contributed by atoms with Gasteiger partial charge in [-0.3, -0.25) is 0 Å². The van der Waals surface area contributed by atoms with Gasteiger partial charge in [-0.1, -0.05) is 19.1 Å². The summed E-state index contributed by atoms with van der Waals surface area (Å²) in [6.45, 7) is 5.68. The van der Waals surface area contributed by atoms with E-state index in [9.17, 15) is 4.39 Å². The van der Waals surface area contributed by atoms with Crippen LogP contribution in [0.25, 0.3) is 0 Å². The number of benzene rings is 1. The van der Waals surface area contributed by atoms with Crippen molar-refractivity contribution in [2.75, 3.05) is 18.0 Å². The first-order valence-corrected chi connectivity index (χ1v) is 5.92. The second-order valence-electron chi connectivity index (χ2n) is 4.04. The van der Waals surface area contributed by atoms with Gasteiger partial charge in [0.25, 0.3) is 0 Å². The van der Waals surface area contributed by atoms with Crippen LogP contribution in [-0.4, -0.2) is 19.1 Å². The Morgan fingerprint density at radius 3 is 2.62 bits per heavy atom. The van der Waals surface area contributed by atoms with Crippen LogP contribution >= 0.6 is 0 Å². The summed E-state index contributed by atoms with van der Waals surface area (Å²) in [4.78, 5) is 2.10. The molecule has 0 aliphatic rings. The lowest BCUT2D eigenvalue weighted by molar-refractivity contribution is 0.568. The monoisotopic (exact) mass is 224 g/mol. The molecule has 1 aromatic rings. The zero-order valence-corrected chi connectivity index (χ0v) is 10.1. The van der Waals surface area contributed by atoms with Gasteiger partial charge in [0, 0.05) is 12.6 Å². The third kappa shape index (κ3) is 3.20. The highest BCUT2D eigenvalue weighted by Crippen LogP contribution is 2.22. The number of nitrogens with zero attached hydrogens (tertiary/aromatic N) is 1. The Hall–Kier alpha value is -1.09. The number of anilines is 1. The summed E-state index contributed by atoms with van der Waals surface area (Å²) in [5.41, 5.74) is 6.20. The minimum absolute atomic E-state index is 0.153. The molecule has 1 unspecified atom stereocenters. The first kappa shape index (κ1) is 13.0. The maximum absolute atomic E-state index is 13.7. The van der Waals surface area contributed by atoms with E-state index in [0.717, 1.165) is 19.4 Å². The lowest BCUT2D eigenvalue weighted by Gasteiger charge is -2.31. The summed E-state index contributed by atoms with van der Waals surface area (Å²) in [5, 5.41) is 0. The minimum Gasteiger partial charge on any atom is -0.366 e. The van der Waals surface area contributed by atoms with E-state index >= 15 is 0 Å². The highest BCUT2D eigenvalue weighted by molar-refractivity contribution is 5.48. The van der Waals surface area contributed by atoms with E-state index in [-0.39, 0.29) is 5.82 Å². The first-order valence-electron chi connectivity index (χ1n) is 5.92. The van der Waals surface area contributed by atoms with Gasteiger partial charge < -0.3 is 10.6 Å². The van der Waals surface area contributed by atoms with Gasteiger partial charge >= 0.3 is 0 Å². The van der Waals surface area contributed by atoms with Gasteiger partial charge in [0.2, 0.25) is 0 Å². The molecule has 2 N–H and O–H groups in total. The Morgan fingerprint density at radius 2 is 2.06 bits per heavy atom. The van der Waals surface area contributed by atoms with Crippen LogP contribution in [0.5, 0.6) is 0 Å². The van der Waals surface area contributed by atoms with Crippen molar-refractivity contribution in [1.82, 2.24) is 0 Å². The summed E-state index contributed by atoms with van der Waals surface area (Å²) in [5.74, 6) is -0.153. The van der Waals surface area contributed by atoms with E-state index in [1.54, 1.807) is 6.07 Å². The molecule has 1 aromatic carbocycles. The van der Waals surface area contributed by atoms with Gasteiger partial charge in [-0.2, -0.15) is 0 Å². The van der Waals surface area contributed by atoms with E-state index < -0.39 is 0 Å². The van der Waals surface area contributed by atoms with Crippen molar-refractivity contribution in [3.63, 3.8) is 0 Å². The van der Waals surface area contributed by atoms with E-state index in [0.29, 0.717) is 18.3 Å². The summed E-state index contributed by atoms with van der Waals surface area (Å²) in [6.07, 6.45) is 1.89. The summed E-state index contributed by atoms with van der Waals surface area (Å²) in [6, 6.07) is 7.27. The number of hydrogen-bond acceptors (Lipinski definition) is 2. The van der Waals surface area contributed by atoms with Crippen LogP contribution in [0.4, 0.5) is 10.1 Å². The average Bonchev–Trinajstić information content (AvgIpc) is 2.31. The van der Waals surface area contributed by atoms with Crippen molar-refractivity contribution in [3.05, 3.63) is 30.1 Å². The Morgan fingerprint density at radius 1 is 1.38 bits per heavy atom. The van der Waals surface area contributed by atoms with Gasteiger partial charge in [0.05, 0.1) is 5.69 Å². The van der Waals surface area contributed by atoms with Gasteiger partial charge in [0.15, 0.2) is 0 Å². The van der Waals surface area contributed by atoms with Crippen molar-refractivity contribution in [2.45, 2.75) is 32.7 Å². The van der Waals surface area contributed by atoms with Crippen molar-refractivity contribution in [1.29, 1.82) is 0 Å². The predicted molar refractivity (Wildman–Crippen MR) is 67.2 cm³/mol. The number of nitrogens with two attached hydrogens (primary N) is 1. The Bertz CT molecular complexity index is 315. The lowest BCUT2D eigenvalue weighted by Crippen LogP contribution is -2.35. The lowest BCUT2D eigenvalue weighted by atomic mass is 10.1. The number of rotatable bonds is 6. The molecule has 0 saturated heterocycles. The standard InChI is InChI=1S/C13H21FN2/c1-3-11(2)16(10-6-9-15)13-8-5-4-7-12(13)14/h4-5,7-8,11H,3,6,9-10,15H2,1-2H3. The fraction of sp³-hybridized carbons (Fsp3) is 0.538. The number of para-hydroxylation sites is 1. The van der Waals surface area contributed by atoms with E-state index in [1.165, 1.54) is 6.07 Å². The largest absolute Gasteiger partial charge is 0.366 e. The fourth-order valence-corrected chi connectivity index (χ4v) is 1.74. The van der Waals surface area contributed by atoms with Crippen LogP contribution < -0.4 is 10.6 Å². The number of halogens is 1. The molecular weight excluding hydrogens is 203 g/mol. The van der Waals surface area contributed by atoms with Crippen LogP contribution in [0.3, 0.4) is 0 Å². The molecule has 90 valence electrons. The highest BCUT2D eigenvalue weighted by Gasteiger charge is 2.15. The molecule has 16 heavy (non-hydrogen) atoms. The first-order chi connectivity index (χ1) is 7.70. The molecular formula is C13H21FN2. The molecule has 0 heterocycles. The van der Waals surface area contributed by atoms with Gasteiger partial charge in [-0.15, -0.1) is 0 Å². The van der Waals surface area contributed by atoms with E-state index in [2.05, 4.69) is 18.7 Å². The van der Waals surface area contributed by atoms with Crippen LogP contribution in [0, 0.1) is 5.82 Å². The van der Waals surface area contributed by atoms with E-state index in [4.69, 9.17) is 5.73 Å². The third-order valence-corrected chi connectivity index (χ3v) is 2.89. The normalized spacial score (nSPS) is 12.5. The zero-order chi connectivity index (χ0) is 12.0. The molecule has 2 nitrogen and oxygen atoms in total. The van der Waals surface area contributed by atoms with Gasteiger partial charge in [0.1, 0.15) is 5.82 Å². The molecule has 1 atom stereocenters. The van der Waals surface area contributed by atoms with Crippen LogP contribution in [0.2, 0.25) is 0 Å². The molecule has 1 rings (SSSR count). The van der Waals surface area contributed by atoms with Crippen LogP contribution in [0.1, 0.15) is 26.7 Å². The summed E-state index contributed by atoms with van der Waals surface area (Å²) < 4.78 is 13.7. The maximum atomic E-state index is 13.7. The Balaban J connectivity index is 2.87. The third-order valence-electron chi connectivity index (χ3n) is 2.89. The van der Waals surface area contributed by atoms with Crippen molar-refractivity contribution in [3.8, 4) is 0 Å². The molecule has 0 fully saturated rings. The molecule has 0 aliphatic carbocycles. The van der Waals surface area contributed by atoms with Gasteiger partial charge in [-0.25, -0.2) is 4.39 Å².